The van der Waals surface area contributed by atoms with Gasteiger partial charge in [-0.2, -0.15) is 0 Å². The first-order chi connectivity index (χ1) is 9.61. The number of benzene rings is 2. The van der Waals surface area contributed by atoms with Crippen LogP contribution in [0.2, 0.25) is 0 Å². The van der Waals surface area contributed by atoms with E-state index in [1.54, 1.807) is 18.2 Å². The molecular formula is C15H14N4O. The van der Waals surface area contributed by atoms with Gasteiger partial charge in [0, 0.05) is 10.5 Å². The monoisotopic (exact) mass is 266 g/mol. The van der Waals surface area contributed by atoms with Gasteiger partial charge in [0.15, 0.2) is 0 Å². The number of nitrogens with zero attached hydrogens (tertiary/aromatic N) is 3. The fraction of sp³-hybridized carbons (Fsp3) is 0.133. The Kier molecular flexibility index (Phi) is 4.03. The minimum absolute atomic E-state index is 0.221. The van der Waals surface area contributed by atoms with Crippen molar-refractivity contribution in [3.05, 3.63) is 69.6 Å². The van der Waals surface area contributed by atoms with Gasteiger partial charge in [0.25, 0.3) is 5.91 Å². The van der Waals surface area contributed by atoms with Crippen LogP contribution in [0.3, 0.4) is 0 Å². The summed E-state index contributed by atoms with van der Waals surface area (Å²) in [5, 5.41) is 6.38. The second-order valence-electron chi connectivity index (χ2n) is 4.48. The van der Waals surface area contributed by atoms with Crippen molar-refractivity contribution in [1.29, 1.82) is 0 Å². The lowest BCUT2D eigenvalue weighted by atomic mass is 10.1. The number of anilines is 1. The van der Waals surface area contributed by atoms with Crippen LogP contribution in [0.4, 0.5) is 11.4 Å². The van der Waals surface area contributed by atoms with Gasteiger partial charge < -0.3 is 5.32 Å². The molecular weight excluding hydrogens is 252 g/mol. The number of carbonyl (C=O) groups is 1. The molecule has 2 aromatic rings. The molecule has 0 spiro atoms. The lowest BCUT2D eigenvalue weighted by Gasteiger charge is -2.10. The molecule has 1 N–H and O–H groups in total. The van der Waals surface area contributed by atoms with Gasteiger partial charge in [-0.3, -0.25) is 4.79 Å². The predicted molar refractivity (Wildman–Crippen MR) is 79.1 cm³/mol. The molecule has 0 radical (unpaired) electrons. The molecule has 5 nitrogen and oxygen atoms in total. The van der Waals surface area contributed by atoms with E-state index < -0.39 is 0 Å². The SMILES string of the molecule is Cc1ccc(NC(=O)c2ccccc2C)c(N=[N+]=[N-])c1. The molecule has 0 unspecified atom stereocenters. The van der Waals surface area contributed by atoms with Crippen LogP contribution < -0.4 is 5.32 Å². The molecule has 100 valence electrons. The molecule has 0 atom stereocenters. The summed E-state index contributed by atoms with van der Waals surface area (Å²) in [4.78, 5) is 15.0. The van der Waals surface area contributed by atoms with Gasteiger partial charge in [0.1, 0.15) is 0 Å². The first kappa shape index (κ1) is 13.6. The summed E-state index contributed by atoms with van der Waals surface area (Å²) in [5.41, 5.74) is 11.9. The van der Waals surface area contributed by atoms with Crippen molar-refractivity contribution < 1.29 is 4.79 Å². The third kappa shape index (κ3) is 2.96. The average Bonchev–Trinajstić information content (AvgIpc) is 2.42. The fourth-order valence-electron chi connectivity index (χ4n) is 1.90. The van der Waals surface area contributed by atoms with E-state index in [0.717, 1.165) is 11.1 Å². The number of carbonyl (C=O) groups excluding carboxylic acids is 1. The lowest BCUT2D eigenvalue weighted by Crippen LogP contribution is -2.13. The van der Waals surface area contributed by atoms with E-state index in [-0.39, 0.29) is 5.91 Å². The van der Waals surface area contributed by atoms with E-state index in [1.165, 1.54) is 0 Å². The van der Waals surface area contributed by atoms with Crippen LogP contribution >= 0.6 is 0 Å². The number of hydrogen-bond acceptors (Lipinski definition) is 2. The average molecular weight is 266 g/mol. The summed E-state index contributed by atoms with van der Waals surface area (Å²) in [6.07, 6.45) is 0. The maximum atomic E-state index is 12.2. The zero-order valence-corrected chi connectivity index (χ0v) is 11.3. The normalized spacial score (nSPS) is 9.70. The highest BCUT2D eigenvalue weighted by Gasteiger charge is 2.10. The van der Waals surface area contributed by atoms with E-state index in [1.807, 2.05) is 38.1 Å². The first-order valence-corrected chi connectivity index (χ1v) is 6.14. The highest BCUT2D eigenvalue weighted by Crippen LogP contribution is 2.27. The Labute approximate surface area is 116 Å². The molecule has 0 aliphatic heterocycles. The van der Waals surface area contributed by atoms with E-state index in [2.05, 4.69) is 15.3 Å². The van der Waals surface area contributed by atoms with Gasteiger partial charge in [-0.25, -0.2) is 0 Å². The molecule has 0 aromatic heterocycles. The molecule has 20 heavy (non-hydrogen) atoms. The van der Waals surface area contributed by atoms with Gasteiger partial charge in [0.2, 0.25) is 0 Å². The molecule has 2 rings (SSSR count). The standard InChI is InChI=1S/C15H14N4O/c1-10-7-8-13(14(9-10)18-19-16)17-15(20)12-6-4-3-5-11(12)2/h3-9H,1-2H3,(H,17,20). The molecule has 0 aliphatic carbocycles. The summed E-state index contributed by atoms with van der Waals surface area (Å²) >= 11 is 0. The van der Waals surface area contributed by atoms with E-state index in [0.29, 0.717) is 16.9 Å². The second-order valence-corrected chi connectivity index (χ2v) is 4.48. The Bertz CT molecular complexity index is 703. The lowest BCUT2D eigenvalue weighted by molar-refractivity contribution is 0.102. The summed E-state index contributed by atoms with van der Waals surface area (Å²) in [7, 11) is 0. The molecule has 0 saturated carbocycles. The fourth-order valence-corrected chi connectivity index (χ4v) is 1.90. The van der Waals surface area contributed by atoms with Crippen molar-refractivity contribution in [3.63, 3.8) is 0 Å². The van der Waals surface area contributed by atoms with Crippen molar-refractivity contribution in [2.75, 3.05) is 5.32 Å². The van der Waals surface area contributed by atoms with Gasteiger partial charge in [-0.15, -0.1) is 0 Å². The van der Waals surface area contributed by atoms with Crippen LogP contribution in [0.25, 0.3) is 10.4 Å². The Morgan fingerprint density at radius 3 is 2.65 bits per heavy atom. The highest BCUT2D eigenvalue weighted by atomic mass is 16.1. The summed E-state index contributed by atoms with van der Waals surface area (Å²) in [6, 6.07) is 12.6. The van der Waals surface area contributed by atoms with E-state index >= 15 is 0 Å². The van der Waals surface area contributed by atoms with Crippen molar-refractivity contribution in [3.8, 4) is 0 Å². The molecule has 0 aliphatic rings. The van der Waals surface area contributed by atoms with Crippen molar-refractivity contribution >= 4 is 17.3 Å². The zero-order valence-electron chi connectivity index (χ0n) is 11.3. The Morgan fingerprint density at radius 1 is 1.20 bits per heavy atom. The van der Waals surface area contributed by atoms with Gasteiger partial charge in [-0.1, -0.05) is 34.9 Å². The van der Waals surface area contributed by atoms with E-state index in [4.69, 9.17) is 5.53 Å². The zero-order chi connectivity index (χ0) is 14.5. The molecule has 0 bridgehead atoms. The quantitative estimate of drug-likeness (QED) is 0.495. The largest absolute Gasteiger partial charge is 0.322 e. The van der Waals surface area contributed by atoms with Crippen molar-refractivity contribution in [2.24, 2.45) is 5.11 Å². The smallest absolute Gasteiger partial charge is 0.255 e. The number of aryl methyl sites for hydroxylation is 2. The third-order valence-electron chi connectivity index (χ3n) is 2.94. The Balaban J connectivity index is 2.33. The number of azide groups is 1. The first-order valence-electron chi connectivity index (χ1n) is 6.14. The van der Waals surface area contributed by atoms with Crippen LogP contribution in [0.15, 0.2) is 47.6 Å². The molecule has 2 aromatic carbocycles. The summed E-state index contributed by atoms with van der Waals surface area (Å²) in [6.45, 7) is 3.77. The molecule has 0 heterocycles. The molecule has 5 heteroatoms. The van der Waals surface area contributed by atoms with Crippen molar-refractivity contribution in [2.45, 2.75) is 13.8 Å². The van der Waals surface area contributed by atoms with Crippen LogP contribution in [-0.4, -0.2) is 5.91 Å². The topological polar surface area (TPSA) is 77.9 Å². The molecule has 1 amide bonds. The number of nitrogens with one attached hydrogen (secondary N) is 1. The van der Waals surface area contributed by atoms with Crippen LogP contribution in [0.5, 0.6) is 0 Å². The van der Waals surface area contributed by atoms with E-state index in [9.17, 15) is 4.79 Å². The predicted octanol–water partition coefficient (Wildman–Crippen LogP) is 4.50. The number of amides is 1. The maximum Gasteiger partial charge on any atom is 0.255 e. The van der Waals surface area contributed by atoms with Crippen LogP contribution in [0.1, 0.15) is 21.5 Å². The maximum absolute atomic E-state index is 12.2. The Morgan fingerprint density at radius 2 is 1.95 bits per heavy atom. The minimum atomic E-state index is -0.221. The summed E-state index contributed by atoms with van der Waals surface area (Å²) < 4.78 is 0. The molecule has 0 saturated heterocycles. The third-order valence-corrected chi connectivity index (χ3v) is 2.94. The second kappa shape index (κ2) is 5.91. The van der Waals surface area contributed by atoms with Gasteiger partial charge >= 0.3 is 0 Å². The van der Waals surface area contributed by atoms with Crippen LogP contribution in [-0.2, 0) is 0 Å². The molecule has 0 fully saturated rings. The minimum Gasteiger partial charge on any atom is -0.322 e. The Hall–Kier alpha value is -2.78. The number of rotatable bonds is 3. The van der Waals surface area contributed by atoms with Crippen molar-refractivity contribution in [1.82, 2.24) is 0 Å². The highest BCUT2D eigenvalue weighted by molar-refractivity contribution is 6.06. The van der Waals surface area contributed by atoms with Crippen LogP contribution in [0, 0.1) is 13.8 Å². The van der Waals surface area contributed by atoms with Gasteiger partial charge in [0.05, 0.1) is 11.4 Å². The number of hydrogen-bond donors (Lipinski definition) is 1. The summed E-state index contributed by atoms with van der Waals surface area (Å²) in [5.74, 6) is -0.221. The van der Waals surface area contributed by atoms with Gasteiger partial charge in [-0.05, 0) is 43.1 Å².